The standard InChI is InChI=1S/C16H26N4O5S/c1-10-13(15(22)19-16(23)17-10)26(24,25)20-8-4-5-11(9-20)14(21)18-12-6-2-3-7-12/h10-13H,2-9H2,1H3,(H,18,21)(H2,17,19,22,23). The Labute approximate surface area is 153 Å². The van der Waals surface area contributed by atoms with Crippen LogP contribution in [0.4, 0.5) is 4.79 Å². The molecule has 0 spiro atoms. The van der Waals surface area contributed by atoms with Crippen LogP contribution in [-0.2, 0) is 19.6 Å². The molecule has 9 nitrogen and oxygen atoms in total. The molecule has 1 aliphatic carbocycles. The van der Waals surface area contributed by atoms with Crippen LogP contribution in [0.1, 0.15) is 45.4 Å². The normalized spacial score (nSPS) is 31.3. The summed E-state index contributed by atoms with van der Waals surface area (Å²) in [6.45, 7) is 1.85. The van der Waals surface area contributed by atoms with E-state index in [0.29, 0.717) is 12.8 Å². The molecule has 0 aromatic carbocycles. The number of carbonyl (C=O) groups excluding carboxylic acids is 3. The fraction of sp³-hybridized carbons (Fsp3) is 0.812. The van der Waals surface area contributed by atoms with Gasteiger partial charge in [0.05, 0.1) is 12.0 Å². The molecule has 1 saturated carbocycles. The van der Waals surface area contributed by atoms with Gasteiger partial charge in [-0.1, -0.05) is 12.8 Å². The van der Waals surface area contributed by atoms with E-state index in [-0.39, 0.29) is 25.0 Å². The van der Waals surface area contributed by atoms with Crippen LogP contribution < -0.4 is 16.0 Å². The van der Waals surface area contributed by atoms with Crippen LogP contribution in [0.2, 0.25) is 0 Å². The van der Waals surface area contributed by atoms with Crippen LogP contribution in [0.15, 0.2) is 0 Å². The lowest BCUT2D eigenvalue weighted by atomic mass is 9.98. The van der Waals surface area contributed by atoms with Gasteiger partial charge in [0.2, 0.25) is 21.8 Å². The van der Waals surface area contributed by atoms with E-state index in [4.69, 9.17) is 0 Å². The third-order valence-corrected chi connectivity index (χ3v) is 7.76. The highest BCUT2D eigenvalue weighted by molar-refractivity contribution is 7.90. The Bertz CT molecular complexity index is 689. The molecule has 0 bridgehead atoms. The monoisotopic (exact) mass is 386 g/mol. The van der Waals surface area contributed by atoms with E-state index in [9.17, 15) is 22.8 Å². The first-order valence-electron chi connectivity index (χ1n) is 9.19. The summed E-state index contributed by atoms with van der Waals surface area (Å²) >= 11 is 0. The average Bonchev–Trinajstić information content (AvgIpc) is 3.06. The molecule has 3 atom stereocenters. The van der Waals surface area contributed by atoms with Gasteiger partial charge >= 0.3 is 6.03 Å². The fourth-order valence-corrected chi connectivity index (χ4v) is 6.07. The number of imide groups is 1. The number of carbonyl (C=O) groups is 3. The third-order valence-electron chi connectivity index (χ3n) is 5.45. The van der Waals surface area contributed by atoms with Gasteiger partial charge in [0.1, 0.15) is 0 Å². The van der Waals surface area contributed by atoms with Gasteiger partial charge in [-0.2, -0.15) is 0 Å². The number of sulfonamides is 1. The predicted octanol–water partition coefficient (Wildman–Crippen LogP) is -0.316. The third kappa shape index (κ3) is 3.85. The van der Waals surface area contributed by atoms with E-state index in [1.165, 1.54) is 11.2 Å². The molecule has 0 aromatic heterocycles. The lowest BCUT2D eigenvalue weighted by Gasteiger charge is -2.36. The Kier molecular flexibility index (Phi) is 5.52. The maximum Gasteiger partial charge on any atom is 0.321 e. The van der Waals surface area contributed by atoms with E-state index < -0.39 is 39.2 Å². The van der Waals surface area contributed by atoms with Gasteiger partial charge in [-0.3, -0.25) is 14.9 Å². The molecule has 3 rings (SSSR count). The van der Waals surface area contributed by atoms with Crippen LogP contribution in [0.3, 0.4) is 0 Å². The van der Waals surface area contributed by atoms with Crippen LogP contribution in [0.5, 0.6) is 0 Å². The minimum Gasteiger partial charge on any atom is -0.353 e. The molecule has 0 radical (unpaired) electrons. The molecule has 2 heterocycles. The zero-order chi connectivity index (χ0) is 18.9. The molecule has 2 aliphatic heterocycles. The van der Waals surface area contributed by atoms with Crippen LogP contribution in [0, 0.1) is 5.92 Å². The van der Waals surface area contributed by atoms with Crippen molar-refractivity contribution in [3.05, 3.63) is 0 Å². The number of rotatable bonds is 4. The zero-order valence-electron chi connectivity index (χ0n) is 14.9. The first-order chi connectivity index (χ1) is 12.3. The first kappa shape index (κ1) is 19.1. The van der Waals surface area contributed by atoms with Crippen molar-refractivity contribution in [3.63, 3.8) is 0 Å². The second-order valence-electron chi connectivity index (χ2n) is 7.40. The number of hydrogen-bond acceptors (Lipinski definition) is 5. The number of urea groups is 1. The largest absolute Gasteiger partial charge is 0.353 e. The Hall–Kier alpha value is -1.68. The van der Waals surface area contributed by atoms with Crippen molar-refractivity contribution in [2.45, 2.75) is 62.8 Å². The Morgan fingerprint density at radius 2 is 1.85 bits per heavy atom. The van der Waals surface area contributed by atoms with Crippen molar-refractivity contribution in [2.24, 2.45) is 5.92 Å². The maximum absolute atomic E-state index is 13.0. The highest BCUT2D eigenvalue weighted by Gasteiger charge is 2.46. The average molecular weight is 386 g/mol. The fourth-order valence-electron chi connectivity index (χ4n) is 4.06. The molecule has 10 heteroatoms. The smallest absolute Gasteiger partial charge is 0.321 e. The predicted molar refractivity (Wildman–Crippen MR) is 93.5 cm³/mol. The second kappa shape index (κ2) is 7.51. The van der Waals surface area contributed by atoms with E-state index in [1.807, 2.05) is 5.32 Å². The summed E-state index contributed by atoms with van der Waals surface area (Å²) in [6.07, 6.45) is 5.36. The highest BCUT2D eigenvalue weighted by atomic mass is 32.2. The molecule has 2 saturated heterocycles. The van der Waals surface area contributed by atoms with Gasteiger partial charge in [0, 0.05) is 19.1 Å². The molecule has 146 valence electrons. The van der Waals surface area contributed by atoms with Gasteiger partial charge in [0.15, 0.2) is 5.25 Å². The van der Waals surface area contributed by atoms with E-state index >= 15 is 0 Å². The summed E-state index contributed by atoms with van der Waals surface area (Å²) in [5, 5.41) is 6.09. The van der Waals surface area contributed by atoms with Crippen molar-refractivity contribution in [2.75, 3.05) is 13.1 Å². The van der Waals surface area contributed by atoms with E-state index in [1.54, 1.807) is 0 Å². The molecular weight excluding hydrogens is 360 g/mol. The molecule has 3 fully saturated rings. The molecule has 4 amide bonds. The van der Waals surface area contributed by atoms with Crippen molar-refractivity contribution in [3.8, 4) is 0 Å². The van der Waals surface area contributed by atoms with E-state index in [2.05, 4.69) is 10.6 Å². The summed E-state index contributed by atoms with van der Waals surface area (Å²) in [7, 11) is -3.97. The lowest BCUT2D eigenvalue weighted by Crippen LogP contribution is -2.65. The summed E-state index contributed by atoms with van der Waals surface area (Å²) in [4.78, 5) is 35.9. The number of nitrogens with zero attached hydrogens (tertiary/aromatic N) is 1. The van der Waals surface area contributed by atoms with Crippen molar-refractivity contribution >= 4 is 27.9 Å². The SMILES string of the molecule is CC1NC(=O)NC(=O)C1S(=O)(=O)N1CCCC(C(=O)NC2CCCC2)C1. The van der Waals surface area contributed by atoms with Gasteiger partial charge in [-0.25, -0.2) is 17.5 Å². The number of piperidine rings is 1. The molecule has 0 aromatic rings. The summed E-state index contributed by atoms with van der Waals surface area (Å²) in [5.74, 6) is -1.33. The Morgan fingerprint density at radius 3 is 2.50 bits per heavy atom. The first-order valence-corrected chi connectivity index (χ1v) is 10.7. The summed E-state index contributed by atoms with van der Waals surface area (Å²) < 4.78 is 27.2. The molecule has 3 N–H and O–H groups in total. The molecule has 3 aliphatic rings. The van der Waals surface area contributed by atoms with Crippen LogP contribution >= 0.6 is 0 Å². The van der Waals surface area contributed by atoms with Gasteiger partial charge in [0.25, 0.3) is 0 Å². The van der Waals surface area contributed by atoms with Crippen LogP contribution in [-0.4, -0.2) is 61.0 Å². The molecule has 26 heavy (non-hydrogen) atoms. The van der Waals surface area contributed by atoms with Crippen LogP contribution in [0.25, 0.3) is 0 Å². The van der Waals surface area contributed by atoms with Crippen molar-refractivity contribution in [1.82, 2.24) is 20.3 Å². The van der Waals surface area contributed by atoms with Gasteiger partial charge in [-0.05, 0) is 32.6 Å². The molecular formula is C16H26N4O5S. The summed E-state index contributed by atoms with van der Waals surface area (Å²) in [5.41, 5.74) is 0. The van der Waals surface area contributed by atoms with Crippen molar-refractivity contribution < 1.29 is 22.8 Å². The maximum atomic E-state index is 13.0. The lowest BCUT2D eigenvalue weighted by molar-refractivity contribution is -0.126. The summed E-state index contributed by atoms with van der Waals surface area (Å²) in [6, 6.07) is -1.33. The minimum atomic E-state index is -3.97. The quantitative estimate of drug-likeness (QED) is 0.611. The number of nitrogens with one attached hydrogen (secondary N) is 3. The van der Waals surface area contributed by atoms with E-state index in [0.717, 1.165) is 25.7 Å². The van der Waals surface area contributed by atoms with Gasteiger partial charge in [-0.15, -0.1) is 0 Å². The topological polar surface area (TPSA) is 125 Å². The minimum absolute atomic E-state index is 0.0747. The Morgan fingerprint density at radius 1 is 1.15 bits per heavy atom. The second-order valence-corrected chi connectivity index (χ2v) is 9.46. The van der Waals surface area contributed by atoms with Crippen molar-refractivity contribution in [1.29, 1.82) is 0 Å². The Balaban J connectivity index is 1.68. The highest BCUT2D eigenvalue weighted by Crippen LogP contribution is 2.25. The number of hydrogen-bond donors (Lipinski definition) is 3. The molecule has 3 unspecified atom stereocenters. The number of amides is 4. The van der Waals surface area contributed by atoms with Gasteiger partial charge < -0.3 is 10.6 Å². The zero-order valence-corrected chi connectivity index (χ0v) is 15.7.